The van der Waals surface area contributed by atoms with E-state index in [9.17, 15) is 4.79 Å². The Bertz CT molecular complexity index is 691. The number of carbonyl (C=O) groups is 1. The zero-order valence-corrected chi connectivity index (χ0v) is 11.4. The van der Waals surface area contributed by atoms with Crippen molar-refractivity contribution in [2.24, 2.45) is 0 Å². The van der Waals surface area contributed by atoms with Crippen LogP contribution >= 0.6 is 11.8 Å². The van der Waals surface area contributed by atoms with Crippen molar-refractivity contribution in [2.45, 2.75) is 5.16 Å². The number of Topliss-reactive ketones (excluding diaryl/α,β-unsaturated/α-hetero) is 1. The zero-order valence-electron chi connectivity index (χ0n) is 10.5. The highest BCUT2D eigenvalue weighted by Gasteiger charge is 2.10. The average molecular weight is 284 g/mol. The third-order valence-corrected chi connectivity index (χ3v) is 3.59. The van der Waals surface area contributed by atoms with Crippen molar-refractivity contribution >= 4 is 17.5 Å². The molecular formula is C14H12N4OS. The minimum Gasteiger partial charge on any atom is -0.359 e. The van der Waals surface area contributed by atoms with Crippen LogP contribution in [-0.4, -0.2) is 31.7 Å². The predicted octanol–water partition coefficient (Wildman–Crippen LogP) is 2.77. The molecule has 0 aliphatic heterocycles. The Morgan fingerprint density at radius 2 is 2.00 bits per heavy atom. The molecule has 0 saturated carbocycles. The van der Waals surface area contributed by atoms with Crippen LogP contribution in [0.25, 0.3) is 11.4 Å². The van der Waals surface area contributed by atoms with Gasteiger partial charge in [0, 0.05) is 11.8 Å². The molecule has 0 bridgehead atoms. The minimum atomic E-state index is 0.0334. The number of nitrogens with zero attached hydrogens (tertiary/aromatic N) is 2. The van der Waals surface area contributed by atoms with Gasteiger partial charge in [-0.2, -0.15) is 0 Å². The summed E-state index contributed by atoms with van der Waals surface area (Å²) < 4.78 is 0. The number of hydrogen-bond donors (Lipinski definition) is 2. The summed E-state index contributed by atoms with van der Waals surface area (Å²) in [6, 6.07) is 13.3. The second-order valence-corrected chi connectivity index (χ2v) is 5.07. The van der Waals surface area contributed by atoms with Gasteiger partial charge in [-0.05, 0) is 12.1 Å². The number of aromatic amines is 2. The van der Waals surface area contributed by atoms with Crippen molar-refractivity contribution < 1.29 is 4.79 Å². The lowest BCUT2D eigenvalue weighted by Gasteiger charge is -1.95. The molecule has 0 aliphatic carbocycles. The van der Waals surface area contributed by atoms with Crippen molar-refractivity contribution in [1.82, 2.24) is 20.2 Å². The van der Waals surface area contributed by atoms with Crippen LogP contribution in [0.4, 0.5) is 0 Å². The van der Waals surface area contributed by atoms with Gasteiger partial charge in [0.1, 0.15) is 0 Å². The van der Waals surface area contributed by atoms with Crippen LogP contribution in [0.15, 0.2) is 53.8 Å². The molecule has 0 aliphatic rings. The Morgan fingerprint density at radius 3 is 2.75 bits per heavy atom. The van der Waals surface area contributed by atoms with Crippen LogP contribution in [0.5, 0.6) is 0 Å². The van der Waals surface area contributed by atoms with Crippen LogP contribution in [0.2, 0.25) is 0 Å². The molecule has 2 heterocycles. The molecule has 2 N–H and O–H groups in total. The van der Waals surface area contributed by atoms with E-state index in [4.69, 9.17) is 0 Å². The van der Waals surface area contributed by atoms with Gasteiger partial charge in [-0.25, -0.2) is 4.98 Å². The standard InChI is InChI=1S/C14H12N4OS/c19-12(11-7-4-8-15-11)9-20-14-16-13(17-18-14)10-5-2-1-3-6-10/h1-8,15H,9H2,(H,16,17,18). The first-order chi connectivity index (χ1) is 9.83. The molecule has 3 rings (SSSR count). The number of H-pyrrole nitrogens is 2. The highest BCUT2D eigenvalue weighted by atomic mass is 32.2. The molecular weight excluding hydrogens is 272 g/mol. The zero-order chi connectivity index (χ0) is 13.8. The molecule has 5 nitrogen and oxygen atoms in total. The Morgan fingerprint density at radius 1 is 1.15 bits per heavy atom. The van der Waals surface area contributed by atoms with E-state index < -0.39 is 0 Å². The van der Waals surface area contributed by atoms with Gasteiger partial charge in [0.05, 0.1) is 11.4 Å². The van der Waals surface area contributed by atoms with Crippen molar-refractivity contribution in [3.8, 4) is 11.4 Å². The Balaban J connectivity index is 1.65. The second-order valence-electron chi connectivity index (χ2n) is 4.13. The molecule has 0 unspecified atom stereocenters. The van der Waals surface area contributed by atoms with E-state index in [1.54, 1.807) is 18.3 Å². The van der Waals surface area contributed by atoms with Crippen LogP contribution in [-0.2, 0) is 0 Å². The van der Waals surface area contributed by atoms with E-state index in [1.807, 2.05) is 30.3 Å². The topological polar surface area (TPSA) is 74.4 Å². The normalized spacial score (nSPS) is 10.6. The van der Waals surface area contributed by atoms with E-state index in [1.165, 1.54) is 11.8 Å². The van der Waals surface area contributed by atoms with Crippen molar-refractivity contribution in [2.75, 3.05) is 5.75 Å². The molecule has 20 heavy (non-hydrogen) atoms. The van der Waals surface area contributed by atoms with E-state index in [2.05, 4.69) is 20.2 Å². The number of aromatic nitrogens is 4. The van der Waals surface area contributed by atoms with E-state index in [0.29, 0.717) is 22.4 Å². The average Bonchev–Trinajstić information content (AvgIpc) is 3.17. The molecule has 0 saturated heterocycles. The lowest BCUT2D eigenvalue weighted by Crippen LogP contribution is -2.02. The summed E-state index contributed by atoms with van der Waals surface area (Å²) >= 11 is 1.32. The van der Waals surface area contributed by atoms with Gasteiger partial charge in [-0.3, -0.25) is 9.89 Å². The van der Waals surface area contributed by atoms with Gasteiger partial charge in [-0.1, -0.05) is 42.1 Å². The third-order valence-electron chi connectivity index (χ3n) is 2.74. The first-order valence-corrected chi connectivity index (χ1v) is 7.09. The summed E-state index contributed by atoms with van der Waals surface area (Å²) in [7, 11) is 0. The molecule has 0 radical (unpaired) electrons. The van der Waals surface area contributed by atoms with Crippen LogP contribution < -0.4 is 0 Å². The fraction of sp³-hybridized carbons (Fsp3) is 0.0714. The molecule has 0 atom stereocenters. The molecule has 1 aromatic carbocycles. The first kappa shape index (κ1) is 12.7. The maximum atomic E-state index is 11.8. The smallest absolute Gasteiger partial charge is 0.209 e. The molecule has 6 heteroatoms. The molecule has 0 fully saturated rings. The Kier molecular flexibility index (Phi) is 3.64. The fourth-order valence-corrected chi connectivity index (χ4v) is 2.43. The number of thioether (sulfide) groups is 1. The number of hydrogen-bond acceptors (Lipinski definition) is 4. The van der Waals surface area contributed by atoms with Crippen molar-refractivity contribution in [3.63, 3.8) is 0 Å². The van der Waals surface area contributed by atoms with Crippen LogP contribution in [0, 0.1) is 0 Å². The molecule has 2 aromatic heterocycles. The summed E-state index contributed by atoms with van der Waals surface area (Å²) in [5.41, 5.74) is 1.58. The van der Waals surface area contributed by atoms with Gasteiger partial charge < -0.3 is 4.98 Å². The summed E-state index contributed by atoms with van der Waals surface area (Å²) in [4.78, 5) is 19.1. The van der Waals surface area contributed by atoms with E-state index >= 15 is 0 Å². The monoisotopic (exact) mass is 284 g/mol. The van der Waals surface area contributed by atoms with E-state index in [0.717, 1.165) is 5.56 Å². The lowest BCUT2D eigenvalue weighted by molar-refractivity contribution is 0.101. The molecule has 3 aromatic rings. The highest BCUT2D eigenvalue weighted by Crippen LogP contribution is 2.19. The SMILES string of the molecule is O=C(CSc1n[nH]c(-c2ccccc2)n1)c1ccc[nH]1. The lowest BCUT2D eigenvalue weighted by atomic mass is 10.2. The summed E-state index contributed by atoms with van der Waals surface area (Å²) in [5.74, 6) is 1.05. The molecule has 0 amide bonds. The van der Waals surface area contributed by atoms with E-state index in [-0.39, 0.29) is 5.78 Å². The minimum absolute atomic E-state index is 0.0334. The van der Waals surface area contributed by atoms with Gasteiger partial charge in [0.15, 0.2) is 11.6 Å². The quantitative estimate of drug-likeness (QED) is 0.558. The Labute approximate surface area is 119 Å². The highest BCUT2D eigenvalue weighted by molar-refractivity contribution is 7.99. The fourth-order valence-electron chi connectivity index (χ4n) is 1.75. The maximum absolute atomic E-state index is 11.8. The van der Waals surface area contributed by atoms with Gasteiger partial charge in [-0.15, -0.1) is 5.10 Å². The second kappa shape index (κ2) is 5.75. The maximum Gasteiger partial charge on any atom is 0.209 e. The molecule has 100 valence electrons. The number of rotatable bonds is 5. The van der Waals surface area contributed by atoms with Gasteiger partial charge in [0.2, 0.25) is 5.16 Å². The van der Waals surface area contributed by atoms with Crippen LogP contribution in [0.1, 0.15) is 10.5 Å². The molecule has 0 spiro atoms. The first-order valence-electron chi connectivity index (χ1n) is 6.10. The van der Waals surface area contributed by atoms with Gasteiger partial charge in [0.25, 0.3) is 0 Å². The number of ketones is 1. The van der Waals surface area contributed by atoms with Crippen molar-refractivity contribution in [3.05, 3.63) is 54.4 Å². The van der Waals surface area contributed by atoms with Crippen LogP contribution in [0.3, 0.4) is 0 Å². The predicted molar refractivity (Wildman–Crippen MR) is 77.7 cm³/mol. The third kappa shape index (κ3) is 2.80. The Hall–Kier alpha value is -2.34. The summed E-state index contributed by atoms with van der Waals surface area (Å²) in [6.07, 6.45) is 1.73. The number of carbonyl (C=O) groups excluding carboxylic acids is 1. The largest absolute Gasteiger partial charge is 0.359 e. The van der Waals surface area contributed by atoms with Crippen molar-refractivity contribution in [1.29, 1.82) is 0 Å². The number of nitrogens with one attached hydrogen (secondary N) is 2. The van der Waals surface area contributed by atoms with Gasteiger partial charge >= 0.3 is 0 Å². The summed E-state index contributed by atoms with van der Waals surface area (Å²) in [6.45, 7) is 0. The summed E-state index contributed by atoms with van der Waals surface area (Å²) in [5, 5.41) is 7.56. The number of benzene rings is 1.